The molecule has 150 valence electrons. The van der Waals surface area contributed by atoms with E-state index in [2.05, 4.69) is 67.3 Å². The Morgan fingerprint density at radius 3 is 2.21 bits per heavy atom. The molecular weight excluding hydrogens is 416 g/mol. The predicted molar refractivity (Wildman–Crippen MR) is 119 cm³/mol. The Morgan fingerprint density at radius 2 is 1.64 bits per heavy atom. The van der Waals surface area contributed by atoms with E-state index in [-0.39, 0.29) is 11.9 Å². The molecule has 0 aliphatic carbocycles. The van der Waals surface area contributed by atoms with E-state index >= 15 is 0 Å². The Balaban J connectivity index is 1.74. The van der Waals surface area contributed by atoms with E-state index in [9.17, 15) is 4.79 Å². The van der Waals surface area contributed by atoms with E-state index in [1.807, 2.05) is 38.4 Å². The van der Waals surface area contributed by atoms with Crippen molar-refractivity contribution in [2.24, 2.45) is 0 Å². The summed E-state index contributed by atoms with van der Waals surface area (Å²) >= 11 is 3.41. The lowest BCUT2D eigenvalue weighted by atomic mass is 10.0. The molecule has 1 heterocycles. The number of carbonyl (C=O) groups is 1. The van der Waals surface area contributed by atoms with Gasteiger partial charge < -0.3 is 15.1 Å². The molecule has 0 saturated carbocycles. The maximum Gasteiger partial charge on any atom is 0.251 e. The molecular formula is C22H29BrN4O. The zero-order valence-corrected chi connectivity index (χ0v) is 18.4. The van der Waals surface area contributed by atoms with Crippen LogP contribution in [0.25, 0.3) is 0 Å². The van der Waals surface area contributed by atoms with Gasteiger partial charge in [-0.05, 0) is 49.0 Å². The SMILES string of the molecule is CN1CCN([C@H](CNC(=O)c2ccc(Br)cc2)c2ccc(N(C)C)cc2)CC1. The number of nitrogens with one attached hydrogen (secondary N) is 1. The van der Waals surface area contributed by atoms with Crippen molar-refractivity contribution >= 4 is 27.5 Å². The van der Waals surface area contributed by atoms with Crippen LogP contribution in [0.4, 0.5) is 5.69 Å². The highest BCUT2D eigenvalue weighted by Gasteiger charge is 2.24. The normalized spacial score (nSPS) is 16.6. The summed E-state index contributed by atoms with van der Waals surface area (Å²) < 4.78 is 0.973. The molecule has 1 atom stereocenters. The van der Waals surface area contributed by atoms with Gasteiger partial charge in [0.2, 0.25) is 0 Å². The molecule has 1 amide bonds. The Hall–Kier alpha value is -1.89. The van der Waals surface area contributed by atoms with Crippen molar-refractivity contribution in [3.8, 4) is 0 Å². The maximum atomic E-state index is 12.6. The summed E-state index contributed by atoms with van der Waals surface area (Å²) in [4.78, 5) is 19.5. The van der Waals surface area contributed by atoms with E-state index < -0.39 is 0 Å². The number of benzene rings is 2. The van der Waals surface area contributed by atoms with Gasteiger partial charge in [-0.2, -0.15) is 0 Å². The molecule has 3 rings (SSSR count). The van der Waals surface area contributed by atoms with Crippen LogP contribution in [-0.2, 0) is 0 Å². The first-order valence-corrected chi connectivity index (χ1v) is 10.5. The Bertz CT molecular complexity index is 768. The van der Waals surface area contributed by atoms with Gasteiger partial charge in [0.25, 0.3) is 5.91 Å². The van der Waals surface area contributed by atoms with Crippen LogP contribution in [0.15, 0.2) is 53.0 Å². The van der Waals surface area contributed by atoms with E-state index in [1.165, 1.54) is 11.3 Å². The first-order valence-electron chi connectivity index (χ1n) is 9.67. The van der Waals surface area contributed by atoms with Crippen LogP contribution in [0.5, 0.6) is 0 Å². The molecule has 1 aliphatic rings. The van der Waals surface area contributed by atoms with Crippen molar-refractivity contribution in [2.45, 2.75) is 6.04 Å². The molecule has 1 fully saturated rings. The van der Waals surface area contributed by atoms with E-state index in [0.717, 1.165) is 30.7 Å². The Morgan fingerprint density at radius 1 is 1.04 bits per heavy atom. The summed E-state index contributed by atoms with van der Waals surface area (Å²) in [5.41, 5.74) is 3.11. The molecule has 1 saturated heterocycles. The Labute approximate surface area is 176 Å². The second-order valence-electron chi connectivity index (χ2n) is 7.56. The maximum absolute atomic E-state index is 12.6. The summed E-state index contributed by atoms with van der Waals surface area (Å²) in [7, 11) is 6.25. The summed E-state index contributed by atoms with van der Waals surface area (Å²) in [5.74, 6) is -0.0310. The average molecular weight is 445 g/mol. The average Bonchev–Trinajstić information content (AvgIpc) is 2.70. The molecule has 28 heavy (non-hydrogen) atoms. The van der Waals surface area contributed by atoms with Crippen LogP contribution in [0.3, 0.4) is 0 Å². The van der Waals surface area contributed by atoms with Gasteiger partial charge in [0.05, 0.1) is 6.04 Å². The molecule has 0 aromatic heterocycles. The number of carbonyl (C=O) groups excluding carboxylic acids is 1. The minimum absolute atomic E-state index is 0.0310. The highest BCUT2D eigenvalue weighted by Crippen LogP contribution is 2.24. The molecule has 2 aromatic carbocycles. The number of hydrogen-bond acceptors (Lipinski definition) is 4. The number of nitrogens with zero attached hydrogens (tertiary/aromatic N) is 3. The lowest BCUT2D eigenvalue weighted by Gasteiger charge is -2.38. The van der Waals surface area contributed by atoms with Gasteiger partial charge in [-0.25, -0.2) is 0 Å². The number of halogens is 1. The van der Waals surface area contributed by atoms with E-state index in [1.54, 1.807) is 0 Å². The molecule has 2 aromatic rings. The molecule has 0 bridgehead atoms. The highest BCUT2D eigenvalue weighted by atomic mass is 79.9. The highest BCUT2D eigenvalue weighted by molar-refractivity contribution is 9.10. The van der Waals surface area contributed by atoms with Crippen LogP contribution in [0, 0.1) is 0 Å². The zero-order valence-electron chi connectivity index (χ0n) is 16.9. The molecule has 6 heteroatoms. The minimum Gasteiger partial charge on any atom is -0.378 e. The summed E-state index contributed by atoms with van der Waals surface area (Å²) in [6, 6.07) is 16.3. The number of anilines is 1. The summed E-state index contributed by atoms with van der Waals surface area (Å²) in [6.45, 7) is 4.70. The fourth-order valence-corrected chi connectivity index (χ4v) is 3.74. The van der Waals surface area contributed by atoms with Crippen LogP contribution in [0.1, 0.15) is 22.0 Å². The quantitative estimate of drug-likeness (QED) is 0.741. The molecule has 5 nitrogen and oxygen atoms in total. The number of rotatable bonds is 6. The van der Waals surface area contributed by atoms with Crippen LogP contribution < -0.4 is 10.2 Å². The molecule has 1 aliphatic heterocycles. The lowest BCUT2D eigenvalue weighted by Crippen LogP contribution is -2.48. The lowest BCUT2D eigenvalue weighted by molar-refractivity contribution is 0.0886. The van der Waals surface area contributed by atoms with Crippen molar-refractivity contribution < 1.29 is 4.79 Å². The predicted octanol–water partition coefficient (Wildman–Crippen LogP) is 3.23. The second kappa shape index (κ2) is 9.54. The molecule has 0 radical (unpaired) electrons. The van der Waals surface area contributed by atoms with Crippen molar-refractivity contribution in [2.75, 3.05) is 58.8 Å². The molecule has 0 unspecified atom stereocenters. The summed E-state index contributed by atoms with van der Waals surface area (Å²) in [5, 5.41) is 3.14. The van der Waals surface area contributed by atoms with Gasteiger partial charge >= 0.3 is 0 Å². The van der Waals surface area contributed by atoms with Crippen molar-refractivity contribution in [3.05, 3.63) is 64.1 Å². The minimum atomic E-state index is -0.0310. The van der Waals surface area contributed by atoms with Gasteiger partial charge in [0, 0.05) is 62.5 Å². The third-order valence-corrected chi connectivity index (χ3v) is 5.86. The van der Waals surface area contributed by atoms with Gasteiger partial charge in [-0.3, -0.25) is 9.69 Å². The van der Waals surface area contributed by atoms with Gasteiger partial charge in [-0.1, -0.05) is 28.1 Å². The van der Waals surface area contributed by atoms with Gasteiger partial charge in [0.1, 0.15) is 0 Å². The molecule has 0 spiro atoms. The first kappa shape index (κ1) is 20.8. The monoisotopic (exact) mass is 444 g/mol. The standard InChI is InChI=1S/C22H29BrN4O/c1-25(2)20-10-6-17(7-11-20)21(27-14-12-26(3)13-15-27)16-24-22(28)18-4-8-19(23)9-5-18/h4-11,21H,12-16H2,1-3H3,(H,24,28)/t21-/m1/s1. The van der Waals surface area contributed by atoms with Crippen molar-refractivity contribution in [1.82, 2.24) is 15.1 Å². The van der Waals surface area contributed by atoms with Crippen LogP contribution >= 0.6 is 15.9 Å². The van der Waals surface area contributed by atoms with Crippen molar-refractivity contribution in [3.63, 3.8) is 0 Å². The number of piperazine rings is 1. The zero-order chi connectivity index (χ0) is 20.1. The van der Waals surface area contributed by atoms with Gasteiger partial charge in [0.15, 0.2) is 0 Å². The van der Waals surface area contributed by atoms with E-state index in [0.29, 0.717) is 12.1 Å². The summed E-state index contributed by atoms with van der Waals surface area (Å²) in [6.07, 6.45) is 0. The number of hydrogen-bond donors (Lipinski definition) is 1. The topological polar surface area (TPSA) is 38.8 Å². The van der Waals surface area contributed by atoms with Crippen LogP contribution in [-0.4, -0.2) is 69.6 Å². The molecule has 1 N–H and O–H groups in total. The Kier molecular flexibility index (Phi) is 7.10. The first-order chi connectivity index (χ1) is 13.4. The fraction of sp³-hybridized carbons (Fsp3) is 0.409. The van der Waals surface area contributed by atoms with E-state index in [4.69, 9.17) is 0 Å². The van der Waals surface area contributed by atoms with Gasteiger partial charge in [-0.15, -0.1) is 0 Å². The third-order valence-electron chi connectivity index (χ3n) is 5.34. The van der Waals surface area contributed by atoms with Crippen molar-refractivity contribution in [1.29, 1.82) is 0 Å². The largest absolute Gasteiger partial charge is 0.378 e. The smallest absolute Gasteiger partial charge is 0.251 e. The number of likely N-dealkylation sites (N-methyl/N-ethyl adjacent to an activating group) is 1. The second-order valence-corrected chi connectivity index (χ2v) is 8.47. The third kappa shape index (κ3) is 5.34. The van der Waals surface area contributed by atoms with Crippen LogP contribution in [0.2, 0.25) is 0 Å². The fourth-order valence-electron chi connectivity index (χ4n) is 3.48. The number of amides is 1.